The van der Waals surface area contributed by atoms with E-state index in [1.807, 2.05) is 20.1 Å². The number of thioether (sulfide) groups is 1. The van der Waals surface area contributed by atoms with Crippen molar-refractivity contribution in [1.29, 1.82) is 0 Å². The third kappa shape index (κ3) is 27.5. The van der Waals surface area contributed by atoms with Gasteiger partial charge in [-0.3, -0.25) is 67.3 Å². The Morgan fingerprint density at radius 1 is 0.537 bits per heavy atom. The molecule has 0 saturated carbocycles. The molecule has 0 unspecified atom stereocenters. The van der Waals surface area contributed by atoms with Crippen molar-refractivity contribution in [2.75, 3.05) is 44.7 Å². The lowest BCUT2D eigenvalue weighted by Gasteiger charge is -2.32. The Morgan fingerprint density at radius 3 is 1.51 bits per heavy atom. The fourth-order valence-electron chi connectivity index (χ4n) is 11.0. The summed E-state index contributed by atoms with van der Waals surface area (Å²) in [5, 5.41) is 21.1. The summed E-state index contributed by atoms with van der Waals surface area (Å²) >= 11 is 1.45. The van der Waals surface area contributed by atoms with Crippen LogP contribution >= 0.6 is 11.8 Å². The number of carbonyl (C=O) groups is 13. The molecule has 31 nitrogen and oxygen atoms in total. The van der Waals surface area contributed by atoms with E-state index in [0.29, 0.717) is 55.4 Å². The fourth-order valence-corrected chi connectivity index (χ4v) is 11.5. The number of nitrogens with zero attached hydrogens (tertiary/aromatic N) is 3. The number of nitrogens with two attached hydrogens (primary N) is 7. The van der Waals surface area contributed by atoms with Gasteiger partial charge in [-0.2, -0.15) is 11.8 Å². The van der Waals surface area contributed by atoms with Crippen molar-refractivity contribution in [3.05, 3.63) is 71.8 Å². The van der Waals surface area contributed by atoms with E-state index in [2.05, 4.69) is 47.5 Å². The predicted molar refractivity (Wildman–Crippen MR) is 356 cm³/mol. The minimum absolute atomic E-state index is 0.0736. The van der Waals surface area contributed by atoms with Gasteiger partial charge >= 0.3 is 0 Å². The Bertz CT molecular complexity index is 2960. The van der Waals surface area contributed by atoms with E-state index in [9.17, 15) is 62.3 Å². The van der Waals surface area contributed by atoms with Gasteiger partial charge in [0.25, 0.3) is 0 Å². The Kier molecular flexibility index (Phi) is 33.9. The number of aliphatic imine (C=N–C) groups is 1. The first kappa shape index (κ1) is 78.5. The first-order valence-corrected chi connectivity index (χ1v) is 33.6. The lowest BCUT2D eigenvalue weighted by atomic mass is 10.0. The number of nitrogens with one attached hydrogen (secondary N) is 8. The minimum Gasteiger partial charge on any atom is -0.370 e. The monoisotopic (exact) mass is 1350 g/mol. The zero-order chi connectivity index (χ0) is 70.1. The van der Waals surface area contributed by atoms with Crippen molar-refractivity contribution < 1.29 is 62.3 Å². The Hall–Kier alpha value is -8.91. The molecule has 10 atom stereocenters. The maximum Gasteiger partial charge on any atom is 0.245 e. The second kappa shape index (κ2) is 41.0. The number of likely N-dealkylation sites (tertiary alicyclic amines) is 2. The molecule has 2 heterocycles. The maximum absolute atomic E-state index is 14.7. The molecular weight excluding hydrogens is 1250 g/mol. The number of primary amides is 3. The highest BCUT2D eigenvalue weighted by Crippen LogP contribution is 2.24. The van der Waals surface area contributed by atoms with E-state index in [4.69, 9.17) is 40.1 Å². The lowest BCUT2D eigenvalue weighted by molar-refractivity contribution is -0.144. The van der Waals surface area contributed by atoms with Crippen molar-refractivity contribution in [1.82, 2.24) is 52.3 Å². The van der Waals surface area contributed by atoms with Crippen LogP contribution in [0.2, 0.25) is 0 Å². The average Bonchev–Trinajstić information content (AvgIpc) is 1.74. The van der Waals surface area contributed by atoms with Crippen LogP contribution in [0, 0.1) is 5.92 Å². The largest absolute Gasteiger partial charge is 0.370 e. The minimum atomic E-state index is -1.64. The third-order valence-corrected chi connectivity index (χ3v) is 16.7. The Balaban J connectivity index is 1.56. The van der Waals surface area contributed by atoms with Gasteiger partial charge in [-0.25, -0.2) is 0 Å². The number of rotatable bonds is 42. The van der Waals surface area contributed by atoms with E-state index >= 15 is 0 Å². The number of guanidine groups is 1. The van der Waals surface area contributed by atoms with Gasteiger partial charge in [-0.1, -0.05) is 74.5 Å². The van der Waals surface area contributed by atoms with Crippen molar-refractivity contribution in [2.24, 2.45) is 51.0 Å². The summed E-state index contributed by atoms with van der Waals surface area (Å²) in [4.78, 5) is 185. The highest BCUT2D eigenvalue weighted by atomic mass is 32.2. The summed E-state index contributed by atoms with van der Waals surface area (Å²) < 4.78 is 0. The van der Waals surface area contributed by atoms with Gasteiger partial charge in [0.15, 0.2) is 5.96 Å². The summed E-state index contributed by atoms with van der Waals surface area (Å²) in [6.45, 7) is 3.86. The van der Waals surface area contributed by atoms with Crippen LogP contribution in [-0.2, 0) is 75.2 Å². The van der Waals surface area contributed by atoms with Crippen molar-refractivity contribution in [3.63, 3.8) is 0 Å². The molecule has 0 aromatic heterocycles. The average molecular weight is 1350 g/mol. The van der Waals surface area contributed by atoms with Crippen molar-refractivity contribution in [3.8, 4) is 0 Å². The molecule has 2 fully saturated rings. The number of amides is 13. The van der Waals surface area contributed by atoms with Gasteiger partial charge in [0, 0.05) is 45.3 Å². The van der Waals surface area contributed by atoms with E-state index < -0.39 is 169 Å². The smallest absolute Gasteiger partial charge is 0.245 e. The highest BCUT2D eigenvalue weighted by molar-refractivity contribution is 7.98. The number of hydrogen-bond donors (Lipinski definition) is 15. The molecule has 2 aromatic carbocycles. The number of carbonyl (C=O) groups excluding carboxylic acids is 13. The van der Waals surface area contributed by atoms with Crippen LogP contribution in [0.25, 0.3) is 0 Å². The zero-order valence-electron chi connectivity index (χ0n) is 54.5. The highest BCUT2D eigenvalue weighted by Gasteiger charge is 2.42. The van der Waals surface area contributed by atoms with Crippen molar-refractivity contribution >= 4 is 94.5 Å². The first-order chi connectivity index (χ1) is 45.2. The van der Waals surface area contributed by atoms with Crippen LogP contribution < -0.4 is 82.7 Å². The fraction of sp³-hybridized carbons (Fsp3) is 0.587. The van der Waals surface area contributed by atoms with E-state index in [-0.39, 0.29) is 83.0 Å². The topological polar surface area (TPSA) is 519 Å². The molecule has 0 spiro atoms. The molecule has 22 N–H and O–H groups in total. The quantitative estimate of drug-likeness (QED) is 0.0173. The molecule has 0 radical (unpaired) electrons. The third-order valence-electron chi connectivity index (χ3n) is 16.0. The molecule has 32 heteroatoms. The van der Waals surface area contributed by atoms with E-state index in [1.165, 1.54) is 21.6 Å². The first-order valence-electron chi connectivity index (χ1n) is 32.2. The SMILES string of the molecule is CSCC[C@H](NC(=O)[C@@H](CC(C)C)NC(=O)CNC(=O)[C@@H](Cc1ccccc1)NC(=O)[C@@H](Cc1ccccc1)NC(=O)[C@@H](CCC(N)=O)NC(=O)[C@@H](CCC(N)=O)NC(=O)[C@H]1CCCN1C(=O)[C@@H](CCCCN)NC(=O)[C@H]1CCCN1C(=O)[C@@H](N)CCCN=C(N)N)C(N)=O. The molecule has 4 rings (SSSR count). The van der Waals surface area contributed by atoms with Crippen LogP contribution in [0.15, 0.2) is 65.7 Å². The van der Waals surface area contributed by atoms with Gasteiger partial charge in [0.1, 0.15) is 54.4 Å². The molecule has 0 aliphatic carbocycles. The van der Waals surface area contributed by atoms with Gasteiger partial charge in [-0.05, 0) is 119 Å². The molecular formula is C63H98N18O13S. The molecule has 524 valence electrons. The van der Waals surface area contributed by atoms with Crippen LogP contribution in [0.4, 0.5) is 0 Å². The van der Waals surface area contributed by atoms with E-state index in [0.717, 1.165) is 0 Å². The molecule has 0 bridgehead atoms. The van der Waals surface area contributed by atoms with Crippen LogP contribution in [0.3, 0.4) is 0 Å². The Labute approximate surface area is 558 Å². The summed E-state index contributed by atoms with van der Waals surface area (Å²) in [7, 11) is 0. The molecule has 13 amide bonds. The maximum atomic E-state index is 14.7. The number of hydrogen-bond acceptors (Lipinski definition) is 17. The van der Waals surface area contributed by atoms with Gasteiger partial charge in [0.05, 0.1) is 12.6 Å². The summed E-state index contributed by atoms with van der Waals surface area (Å²) in [5.74, 6) is -9.80. The van der Waals surface area contributed by atoms with E-state index in [1.54, 1.807) is 60.7 Å². The summed E-state index contributed by atoms with van der Waals surface area (Å²) in [6, 6.07) is 4.51. The normalized spacial score (nSPS) is 16.8. The van der Waals surface area contributed by atoms with Gasteiger partial charge in [-0.15, -0.1) is 0 Å². The predicted octanol–water partition coefficient (Wildman–Crippen LogP) is -3.71. The van der Waals surface area contributed by atoms with Crippen molar-refractivity contribution in [2.45, 2.75) is 183 Å². The van der Waals surface area contributed by atoms with Crippen LogP contribution in [-0.4, -0.2) is 198 Å². The Morgan fingerprint density at radius 2 is 1.01 bits per heavy atom. The second-order valence-electron chi connectivity index (χ2n) is 24.1. The van der Waals surface area contributed by atoms with Crippen LogP contribution in [0.1, 0.15) is 121 Å². The molecule has 2 aliphatic heterocycles. The van der Waals surface area contributed by atoms with Gasteiger partial charge < -0.3 is 92.5 Å². The summed E-state index contributed by atoms with van der Waals surface area (Å²) in [6.07, 6.45) is 3.12. The molecule has 2 saturated heterocycles. The lowest BCUT2D eigenvalue weighted by Crippen LogP contribution is -2.60. The second-order valence-corrected chi connectivity index (χ2v) is 25.1. The van der Waals surface area contributed by atoms with Gasteiger partial charge in [0.2, 0.25) is 76.8 Å². The standard InChI is InChI=1S/C63H98N18O13S/c1-37(2)33-45(57(89)74-41(53(68)85)27-32-95-3)73-52(84)36-72-54(86)46(34-38-15-6-4-7-16-38)78-58(90)47(35-39-17-8-5-9-18-39)79-56(88)42(23-25-50(66)82)75-55(87)43(24-26-51(67)83)76-59(91)49-22-14-31-81(49)62(94)44(20-10-11-28-64)77-60(92)48-21-13-30-80(48)61(93)40(65)19-12-29-71-63(69)70/h4-9,15-18,37,40-49H,10-14,19-36,64-65H2,1-3H3,(H2,66,82)(H2,67,83)(H2,68,85)(H,72,86)(H,73,84)(H,74,89)(H,75,87)(H,76,91)(H,77,92)(H,78,90)(H,79,88)(H4,69,70,71)/t40-,41-,42+,43+,44+,45+,46+,47+,48+,49+/m0/s1. The zero-order valence-corrected chi connectivity index (χ0v) is 55.3. The summed E-state index contributed by atoms with van der Waals surface area (Å²) in [5.41, 5.74) is 40.6. The number of benzene rings is 2. The number of unbranched alkanes of at least 4 members (excludes halogenated alkanes) is 1. The van der Waals surface area contributed by atoms with Crippen LogP contribution in [0.5, 0.6) is 0 Å². The molecule has 95 heavy (non-hydrogen) atoms. The molecule has 2 aromatic rings. The molecule has 2 aliphatic rings.